The van der Waals surface area contributed by atoms with Crippen molar-refractivity contribution in [2.24, 2.45) is 56.2 Å². The highest BCUT2D eigenvalue weighted by molar-refractivity contribution is 5.79. The van der Waals surface area contributed by atoms with Gasteiger partial charge in [-0.25, -0.2) is 0 Å². The number of ether oxygens (including phenoxy) is 1. The van der Waals surface area contributed by atoms with Crippen LogP contribution >= 0.6 is 0 Å². The van der Waals surface area contributed by atoms with E-state index >= 15 is 0 Å². The molecule has 0 amide bonds. The minimum atomic E-state index is -0.827. The minimum absolute atomic E-state index is 0.00973. The van der Waals surface area contributed by atoms with Gasteiger partial charge in [0.15, 0.2) is 0 Å². The van der Waals surface area contributed by atoms with Crippen molar-refractivity contribution in [2.45, 2.75) is 119 Å². The van der Waals surface area contributed by atoms with Crippen LogP contribution in [0.25, 0.3) is 0 Å². The minimum Gasteiger partial charge on any atom is -0.468 e. The lowest BCUT2D eigenvalue weighted by Crippen LogP contribution is -2.64. The van der Waals surface area contributed by atoms with Crippen LogP contribution in [0.15, 0.2) is 11.6 Å². The molecule has 4 saturated carbocycles. The molecule has 5 aliphatic carbocycles. The third-order valence-electron chi connectivity index (χ3n) is 13.9. The van der Waals surface area contributed by atoms with Crippen molar-refractivity contribution < 1.29 is 19.4 Å². The predicted octanol–water partition coefficient (Wildman–Crippen LogP) is 7.14. The van der Waals surface area contributed by atoms with Gasteiger partial charge in [-0.2, -0.15) is 0 Å². The molecule has 10 atom stereocenters. The van der Waals surface area contributed by atoms with Crippen LogP contribution in [0.4, 0.5) is 0 Å². The van der Waals surface area contributed by atoms with Crippen molar-refractivity contribution in [3.8, 4) is 0 Å². The largest absolute Gasteiger partial charge is 0.468 e. The number of methoxy groups -OCH3 is 1. The van der Waals surface area contributed by atoms with Gasteiger partial charge in [-0.1, -0.05) is 60.1 Å². The Hall–Kier alpha value is -1.16. The van der Waals surface area contributed by atoms with E-state index in [4.69, 9.17) is 4.74 Å². The lowest BCUT2D eigenvalue weighted by atomic mass is 9.38. The van der Waals surface area contributed by atoms with Gasteiger partial charge in [0.1, 0.15) is 11.7 Å². The maximum Gasteiger partial charge on any atom is 0.315 e. The lowest BCUT2D eigenvalue weighted by molar-refractivity contribution is -0.191. The zero-order valence-electron chi connectivity index (χ0n) is 24.8. The molecule has 0 aliphatic heterocycles. The molecule has 0 heterocycles. The molecule has 4 heteroatoms. The predicted molar refractivity (Wildman–Crippen MR) is 147 cm³/mol. The first-order valence-electron chi connectivity index (χ1n) is 15.1. The van der Waals surface area contributed by atoms with Crippen molar-refractivity contribution in [1.29, 1.82) is 0 Å². The summed E-state index contributed by atoms with van der Waals surface area (Å²) in [6, 6.07) is 0. The Balaban J connectivity index is 1.64. The molecule has 8 unspecified atom stereocenters. The summed E-state index contributed by atoms with van der Waals surface area (Å²) in [4.78, 5) is 26.0. The van der Waals surface area contributed by atoms with Crippen molar-refractivity contribution in [2.75, 3.05) is 7.11 Å². The second-order valence-corrected chi connectivity index (χ2v) is 15.9. The van der Waals surface area contributed by atoms with Crippen LogP contribution in [0.5, 0.6) is 0 Å². The Morgan fingerprint density at radius 1 is 1.00 bits per heavy atom. The third-order valence-corrected chi connectivity index (χ3v) is 13.9. The van der Waals surface area contributed by atoms with E-state index in [2.05, 4.69) is 54.5 Å². The Labute approximate surface area is 225 Å². The van der Waals surface area contributed by atoms with Gasteiger partial charge < -0.3 is 14.6 Å². The molecular formula is C33H52O4. The Morgan fingerprint density at radius 2 is 1.70 bits per heavy atom. The maximum atomic E-state index is 13.5. The van der Waals surface area contributed by atoms with Crippen LogP contribution in [0.1, 0.15) is 113 Å². The third kappa shape index (κ3) is 3.48. The normalized spacial score (nSPS) is 52.8. The fourth-order valence-corrected chi connectivity index (χ4v) is 10.9. The van der Waals surface area contributed by atoms with Gasteiger partial charge in [0.25, 0.3) is 0 Å². The maximum absolute atomic E-state index is 13.5. The molecule has 2 bridgehead atoms. The van der Waals surface area contributed by atoms with Crippen LogP contribution in [0.2, 0.25) is 0 Å². The highest BCUT2D eigenvalue weighted by atomic mass is 16.5. The summed E-state index contributed by atoms with van der Waals surface area (Å²) in [6.07, 6.45) is 12.9. The van der Waals surface area contributed by atoms with Gasteiger partial charge in [-0.3, -0.25) is 4.79 Å². The molecule has 37 heavy (non-hydrogen) atoms. The fourth-order valence-electron chi connectivity index (χ4n) is 10.9. The van der Waals surface area contributed by atoms with Crippen LogP contribution in [0.3, 0.4) is 0 Å². The summed E-state index contributed by atoms with van der Waals surface area (Å²) in [5.74, 6) is 1.13. The van der Waals surface area contributed by atoms with E-state index in [-0.39, 0.29) is 39.0 Å². The summed E-state index contributed by atoms with van der Waals surface area (Å²) in [5.41, 5.74) is 0.470. The van der Waals surface area contributed by atoms with Gasteiger partial charge in [0, 0.05) is 5.41 Å². The van der Waals surface area contributed by atoms with E-state index in [0.29, 0.717) is 30.6 Å². The van der Waals surface area contributed by atoms with Crippen LogP contribution in [0, 0.1) is 56.2 Å². The van der Waals surface area contributed by atoms with E-state index in [1.54, 1.807) is 0 Å². The van der Waals surface area contributed by atoms with E-state index in [1.807, 2.05) is 0 Å². The van der Waals surface area contributed by atoms with Gasteiger partial charge in [0.05, 0.1) is 13.2 Å². The molecule has 1 N–H and O–H groups in total. The van der Waals surface area contributed by atoms with E-state index in [0.717, 1.165) is 44.9 Å². The topological polar surface area (TPSA) is 63.6 Å². The van der Waals surface area contributed by atoms with Crippen LogP contribution in [-0.2, 0) is 14.3 Å². The first-order valence-corrected chi connectivity index (χ1v) is 15.1. The van der Waals surface area contributed by atoms with Crippen molar-refractivity contribution in [1.82, 2.24) is 0 Å². The molecule has 0 aromatic carbocycles. The number of carbonyl (C=O) groups excluding carboxylic acids is 2. The molecule has 208 valence electrons. The lowest BCUT2D eigenvalue weighted by Gasteiger charge is -2.66. The molecule has 5 aliphatic rings. The average Bonchev–Trinajstić information content (AvgIpc) is 3.02. The highest BCUT2D eigenvalue weighted by Gasteiger charge is 2.69. The van der Waals surface area contributed by atoms with E-state index < -0.39 is 11.5 Å². The molecule has 0 aromatic rings. The molecular weight excluding hydrogens is 460 g/mol. The Bertz CT molecular complexity index is 998. The molecule has 0 spiro atoms. The zero-order chi connectivity index (χ0) is 27.2. The van der Waals surface area contributed by atoms with Gasteiger partial charge >= 0.3 is 5.97 Å². The van der Waals surface area contributed by atoms with E-state index in [9.17, 15) is 14.7 Å². The molecule has 0 saturated heterocycles. The van der Waals surface area contributed by atoms with Crippen molar-refractivity contribution in [3.63, 3.8) is 0 Å². The summed E-state index contributed by atoms with van der Waals surface area (Å²) >= 11 is 0. The Morgan fingerprint density at radius 3 is 2.35 bits per heavy atom. The average molecular weight is 513 g/mol. The zero-order valence-corrected chi connectivity index (χ0v) is 24.8. The van der Waals surface area contributed by atoms with E-state index in [1.165, 1.54) is 25.4 Å². The number of rotatable bonds is 2. The standard InChI is InChI=1S/C33H52O4/c1-21-11-13-29(4)17-22(30(21,5)20-34)12-14-31(6)25(29)10-9-23-24-18-28(2,3)15-16-33(24,27(36)37-8)26(35)19-32(23,31)7/h9,20-22,24-26,35H,10-19H2,1-8H3/t21-,22?,24?,25?,26?,29?,30?,31?,32?,33+/m0/s1. The molecule has 4 nitrogen and oxygen atoms in total. The first-order chi connectivity index (χ1) is 17.1. The van der Waals surface area contributed by atoms with Crippen LogP contribution < -0.4 is 0 Å². The summed E-state index contributed by atoms with van der Waals surface area (Å²) < 4.78 is 5.43. The fraction of sp³-hybridized carbons (Fsp3) is 0.879. The quantitative estimate of drug-likeness (QED) is 0.243. The number of esters is 1. The second kappa shape index (κ2) is 8.42. The summed E-state index contributed by atoms with van der Waals surface area (Å²) in [7, 11) is 1.49. The van der Waals surface area contributed by atoms with Crippen molar-refractivity contribution >= 4 is 12.3 Å². The van der Waals surface area contributed by atoms with Crippen molar-refractivity contribution in [3.05, 3.63) is 11.6 Å². The highest BCUT2D eigenvalue weighted by Crippen LogP contribution is 2.74. The van der Waals surface area contributed by atoms with Gasteiger partial charge in [-0.15, -0.1) is 0 Å². The number of fused-ring (bicyclic) bond motifs is 8. The number of hydrogen-bond acceptors (Lipinski definition) is 4. The van der Waals surface area contributed by atoms with Gasteiger partial charge in [0.2, 0.25) is 0 Å². The SMILES string of the molecule is COC(=O)[C@]12CCC(C)(C)CC1C1=CCC3C4(C)CC[C@H](C)C(C)(C=O)C(CCC3(C)C1(C)CC2O)C4. The molecule has 0 radical (unpaired) electrons. The van der Waals surface area contributed by atoms with Gasteiger partial charge in [-0.05, 0) is 110 Å². The molecule has 5 rings (SSSR count). The monoisotopic (exact) mass is 512 g/mol. The number of hydrogen-bond donors (Lipinski definition) is 1. The number of carbonyl (C=O) groups is 2. The number of allylic oxidation sites excluding steroid dienone is 2. The molecule has 0 aromatic heterocycles. The number of aldehydes is 1. The molecule has 4 fully saturated rings. The summed E-state index contributed by atoms with van der Waals surface area (Å²) in [5, 5.41) is 12.0. The Kier molecular flexibility index (Phi) is 6.24. The summed E-state index contributed by atoms with van der Waals surface area (Å²) in [6.45, 7) is 16.6. The van der Waals surface area contributed by atoms with Crippen LogP contribution in [-0.4, -0.2) is 30.6 Å². The second-order valence-electron chi connectivity index (χ2n) is 15.9. The number of aliphatic hydroxyl groups is 1. The first kappa shape index (κ1) is 27.4. The number of aliphatic hydroxyl groups excluding tert-OH is 1. The smallest absolute Gasteiger partial charge is 0.315 e.